The minimum absolute atomic E-state index is 0.226. The third kappa shape index (κ3) is 45.7. The van der Waals surface area contributed by atoms with Crippen LogP contribution in [0.4, 0.5) is 0 Å². The summed E-state index contributed by atoms with van der Waals surface area (Å²) < 4.78 is 6.76. The Morgan fingerprint density at radius 3 is 0.761 bits per heavy atom. The lowest BCUT2D eigenvalue weighted by atomic mass is 9.61. The van der Waals surface area contributed by atoms with Crippen molar-refractivity contribution in [3.63, 3.8) is 0 Å². The smallest absolute Gasteiger partial charge is 0.322 e. The van der Waals surface area contributed by atoms with Gasteiger partial charge in [0.2, 0.25) is 0 Å². The van der Waals surface area contributed by atoms with Crippen molar-refractivity contribution in [2.75, 3.05) is 13.2 Å². The summed E-state index contributed by atoms with van der Waals surface area (Å²) >= 11 is 0. The van der Waals surface area contributed by atoms with Crippen molar-refractivity contribution in [3.05, 3.63) is 0 Å². The van der Waals surface area contributed by atoms with Gasteiger partial charge >= 0.3 is 5.97 Å². The quantitative estimate of drug-likeness (QED) is 0.0351. The monoisotopic (exact) mass is 1300 g/mol. The van der Waals surface area contributed by atoms with Crippen LogP contribution in [0.25, 0.3) is 0 Å². The first-order chi connectivity index (χ1) is 45.1. The maximum atomic E-state index is 13.9. The summed E-state index contributed by atoms with van der Waals surface area (Å²) in [6.45, 7) is 10.4. The Morgan fingerprint density at radius 2 is 0.533 bits per heavy atom. The predicted molar refractivity (Wildman–Crippen MR) is 400 cm³/mol. The standard InChI is InChI=1S/C84H167NO7/c1-6-10-14-18-22-26-30-34-38-42-46-50-54-58-62-66-70-74-82(89)81(88)80(78-86)91-84(90,76-72-68-64-60-56-52-48-44-40-36-32-28-24-20-16-12-8-3)83(82,75-71-67-63-59-55-51-47-43-39-35-31-27-23-19-15-11-7-2)85(92-79(5)87)77-73-69-65-61-57-53-49-45-41-37-33-29-25-21-17-13-9-4/h80-81,86,88-90H,6-78H2,1-5H3/t80-,81-,82+,83+,84?/m1/s1. The molecule has 0 bridgehead atoms. The molecule has 1 aliphatic heterocycles. The van der Waals surface area contributed by atoms with Gasteiger partial charge in [0.05, 0.1) is 6.61 Å². The number of unbranched alkanes of at least 4 members (excludes halogenated alkanes) is 64. The molecular weight excluding hydrogens is 1130 g/mol. The van der Waals surface area contributed by atoms with Crippen LogP contribution in [0.5, 0.6) is 0 Å². The molecular formula is C84H167NO7. The summed E-state index contributed by atoms with van der Waals surface area (Å²) in [5.41, 5.74) is -3.57. The third-order valence-electron chi connectivity index (χ3n) is 21.8. The van der Waals surface area contributed by atoms with Crippen LogP contribution < -0.4 is 0 Å². The van der Waals surface area contributed by atoms with Gasteiger partial charge in [-0.1, -0.05) is 451 Å². The van der Waals surface area contributed by atoms with Gasteiger partial charge in [-0.25, -0.2) is 0 Å². The van der Waals surface area contributed by atoms with Gasteiger partial charge in [-0.15, -0.1) is 5.06 Å². The Morgan fingerprint density at radius 1 is 0.326 bits per heavy atom. The van der Waals surface area contributed by atoms with Gasteiger partial charge in [0.15, 0.2) is 5.79 Å². The zero-order valence-corrected chi connectivity index (χ0v) is 63.2. The average Bonchev–Trinajstić information content (AvgIpc) is 0.696. The summed E-state index contributed by atoms with van der Waals surface area (Å²) in [6, 6.07) is 0. The first-order valence-electron chi connectivity index (χ1n) is 42.5. The molecule has 0 aromatic rings. The Kier molecular flexibility index (Phi) is 64.1. The topological polar surface area (TPSA) is 120 Å². The van der Waals surface area contributed by atoms with Crippen molar-refractivity contribution in [2.24, 2.45) is 0 Å². The Balaban J connectivity index is 3.24. The van der Waals surface area contributed by atoms with E-state index in [0.717, 1.165) is 77.0 Å². The molecule has 1 aliphatic rings. The molecule has 0 amide bonds. The normalized spacial score (nSPS) is 19.3. The number of hydroxylamine groups is 2. The highest BCUT2D eigenvalue weighted by Crippen LogP contribution is 2.54. The zero-order valence-electron chi connectivity index (χ0n) is 63.2. The van der Waals surface area contributed by atoms with Crippen LogP contribution >= 0.6 is 0 Å². The molecule has 1 fully saturated rings. The molecule has 1 unspecified atom stereocenters. The highest BCUT2D eigenvalue weighted by molar-refractivity contribution is 5.65. The summed E-state index contributed by atoms with van der Waals surface area (Å²) in [7, 11) is 0. The average molecular weight is 1300 g/mol. The number of rotatable bonds is 75. The molecule has 5 atom stereocenters. The Bertz CT molecular complexity index is 1500. The van der Waals surface area contributed by atoms with Crippen molar-refractivity contribution in [1.29, 1.82) is 0 Å². The van der Waals surface area contributed by atoms with E-state index >= 15 is 0 Å². The largest absolute Gasteiger partial charge is 0.394 e. The molecule has 8 nitrogen and oxygen atoms in total. The molecule has 92 heavy (non-hydrogen) atoms. The number of carbonyl (C=O) groups excluding carboxylic acids is 1. The Labute approximate surface area is 575 Å². The van der Waals surface area contributed by atoms with Crippen molar-refractivity contribution < 1.29 is 34.8 Å². The van der Waals surface area contributed by atoms with Crippen molar-refractivity contribution in [3.8, 4) is 0 Å². The molecule has 0 aromatic carbocycles. The van der Waals surface area contributed by atoms with Crippen LogP contribution in [-0.2, 0) is 14.4 Å². The summed E-state index contributed by atoms with van der Waals surface area (Å²) in [5.74, 6) is -2.48. The second-order valence-electron chi connectivity index (χ2n) is 30.4. The fourth-order valence-corrected chi connectivity index (χ4v) is 15.8. The van der Waals surface area contributed by atoms with Gasteiger partial charge < -0.3 is 30.0 Å². The number of hydrogen-bond donors (Lipinski definition) is 4. The molecule has 0 aliphatic carbocycles. The molecule has 1 heterocycles. The molecule has 0 spiro atoms. The van der Waals surface area contributed by atoms with Gasteiger partial charge in [0.1, 0.15) is 23.3 Å². The summed E-state index contributed by atoms with van der Waals surface area (Å²) in [5, 5.41) is 52.9. The van der Waals surface area contributed by atoms with Crippen molar-refractivity contribution >= 4 is 5.97 Å². The summed E-state index contributed by atoms with van der Waals surface area (Å²) in [6.07, 6.45) is 83.6. The number of aliphatic hydroxyl groups excluding tert-OH is 2. The van der Waals surface area contributed by atoms with E-state index in [0.29, 0.717) is 32.2 Å². The second kappa shape index (κ2) is 66.1. The van der Waals surface area contributed by atoms with Gasteiger partial charge in [0, 0.05) is 19.9 Å². The van der Waals surface area contributed by atoms with E-state index < -0.39 is 41.7 Å². The first-order valence-corrected chi connectivity index (χ1v) is 42.5. The fourth-order valence-electron chi connectivity index (χ4n) is 15.8. The van der Waals surface area contributed by atoms with Gasteiger partial charge in [0.25, 0.3) is 0 Å². The zero-order chi connectivity index (χ0) is 66.8. The summed E-state index contributed by atoms with van der Waals surface area (Å²) in [4.78, 5) is 20.0. The maximum absolute atomic E-state index is 13.9. The van der Waals surface area contributed by atoms with Crippen LogP contribution in [0, 0.1) is 0 Å². The van der Waals surface area contributed by atoms with Crippen LogP contribution in [0.3, 0.4) is 0 Å². The van der Waals surface area contributed by atoms with E-state index in [4.69, 9.17) is 9.57 Å². The number of ether oxygens (including phenoxy) is 1. The second-order valence-corrected chi connectivity index (χ2v) is 30.4. The van der Waals surface area contributed by atoms with Crippen molar-refractivity contribution in [2.45, 2.75) is 520 Å². The van der Waals surface area contributed by atoms with Gasteiger partial charge in [-0.3, -0.25) is 4.79 Å². The first kappa shape index (κ1) is 89.2. The van der Waals surface area contributed by atoms with Crippen LogP contribution in [0.2, 0.25) is 0 Å². The molecule has 1 saturated heterocycles. The molecule has 0 saturated carbocycles. The van der Waals surface area contributed by atoms with Crippen LogP contribution in [0.15, 0.2) is 0 Å². The van der Waals surface area contributed by atoms with E-state index in [-0.39, 0.29) is 12.8 Å². The minimum atomic E-state index is -1.99. The molecule has 0 radical (unpaired) electrons. The minimum Gasteiger partial charge on any atom is -0.394 e. The third-order valence-corrected chi connectivity index (χ3v) is 21.8. The SMILES string of the molecule is CCCCCCCCCCCCCCCCCCCN(OC(C)=O)[C@]1(CCCCCCCCCCCCCCCCCCC)C(O)(CCCCCCCCCCCCCCCCCCC)O[C@H](CO)[C@@H](O)[C@@]1(O)CCCCCCCCCCCCCCCCCCC. The van der Waals surface area contributed by atoms with Gasteiger partial charge in [-0.05, 0) is 25.7 Å². The van der Waals surface area contributed by atoms with E-state index in [1.807, 2.05) is 0 Å². The van der Waals surface area contributed by atoms with E-state index in [2.05, 4.69) is 27.7 Å². The van der Waals surface area contributed by atoms with Gasteiger partial charge in [-0.2, -0.15) is 0 Å². The van der Waals surface area contributed by atoms with Crippen LogP contribution in [0.1, 0.15) is 490 Å². The Hall–Kier alpha value is -0.770. The molecule has 4 N–H and O–H groups in total. The molecule has 8 heteroatoms. The van der Waals surface area contributed by atoms with Crippen LogP contribution in [-0.4, -0.2) is 73.7 Å². The van der Waals surface area contributed by atoms with E-state index in [9.17, 15) is 25.2 Å². The highest BCUT2D eigenvalue weighted by atomic mass is 16.7. The van der Waals surface area contributed by atoms with Crippen molar-refractivity contribution in [1.82, 2.24) is 5.06 Å². The lowest BCUT2D eigenvalue weighted by Crippen LogP contribution is -2.84. The van der Waals surface area contributed by atoms with E-state index in [1.54, 1.807) is 5.06 Å². The number of hydrogen-bond acceptors (Lipinski definition) is 8. The maximum Gasteiger partial charge on any atom is 0.322 e. The lowest BCUT2D eigenvalue weighted by Gasteiger charge is -2.64. The lowest BCUT2D eigenvalue weighted by molar-refractivity contribution is -0.433. The molecule has 550 valence electrons. The fraction of sp³-hybridized carbons (Fsp3) is 0.988. The molecule has 1 rings (SSSR count). The number of aliphatic hydroxyl groups is 4. The molecule has 0 aromatic heterocycles. The predicted octanol–water partition coefficient (Wildman–Crippen LogP) is 26.5. The van der Waals surface area contributed by atoms with E-state index in [1.165, 1.54) is 347 Å². The highest BCUT2D eigenvalue weighted by Gasteiger charge is 2.73. The number of carbonyl (C=O) groups is 1. The number of nitrogens with zero attached hydrogens (tertiary/aromatic N) is 1.